The van der Waals surface area contributed by atoms with Crippen molar-refractivity contribution >= 4 is 17.4 Å². The van der Waals surface area contributed by atoms with E-state index in [9.17, 15) is 23.5 Å². The maximum Gasteiger partial charge on any atom is 0.270 e. The van der Waals surface area contributed by atoms with Gasteiger partial charge in [0.25, 0.3) is 5.91 Å². The number of nitrogens with zero attached hydrogens (tertiary/aromatic N) is 2. The average Bonchev–Trinajstić information content (AvgIpc) is 3.55. The first kappa shape index (κ1) is 25.7. The molecule has 3 aromatic rings. The first-order valence-corrected chi connectivity index (χ1v) is 12.8. The molecule has 6 nitrogen and oxygen atoms in total. The number of halogens is 2. The second-order valence-electron chi connectivity index (χ2n) is 9.77. The molecule has 1 aromatic heterocycles. The van der Waals surface area contributed by atoms with Crippen molar-refractivity contribution in [1.29, 1.82) is 0 Å². The Kier molecular flexibility index (Phi) is 7.33. The SMILES string of the molecule is CC(=O)N1Cc2cc(C(=O)NCc3cc(F)cc(F)c3)nc(-c3cccc(C4=CCCC4)c3)c2[C@@H]1CCO. The van der Waals surface area contributed by atoms with Crippen molar-refractivity contribution in [3.8, 4) is 11.3 Å². The number of hydrogen-bond acceptors (Lipinski definition) is 4. The number of allylic oxidation sites excluding steroid dienone is 2. The molecule has 0 saturated carbocycles. The summed E-state index contributed by atoms with van der Waals surface area (Å²) in [4.78, 5) is 32.1. The number of fused-ring (bicyclic) bond motifs is 1. The Hall–Kier alpha value is -3.91. The maximum absolute atomic E-state index is 13.6. The van der Waals surface area contributed by atoms with Gasteiger partial charge in [-0.15, -0.1) is 0 Å². The van der Waals surface area contributed by atoms with Gasteiger partial charge < -0.3 is 15.3 Å². The van der Waals surface area contributed by atoms with Crippen LogP contribution in [0.25, 0.3) is 16.8 Å². The van der Waals surface area contributed by atoms with Crippen LogP contribution in [0.5, 0.6) is 0 Å². The van der Waals surface area contributed by atoms with E-state index in [4.69, 9.17) is 4.98 Å². The normalized spacial score (nSPS) is 16.4. The predicted octanol–water partition coefficient (Wildman–Crippen LogP) is 5.31. The summed E-state index contributed by atoms with van der Waals surface area (Å²) in [6.07, 6.45) is 5.75. The van der Waals surface area contributed by atoms with Crippen LogP contribution in [0.1, 0.15) is 71.4 Å². The van der Waals surface area contributed by atoms with Gasteiger partial charge in [-0.1, -0.05) is 24.3 Å². The fourth-order valence-electron chi connectivity index (χ4n) is 5.43. The number of hydrogen-bond donors (Lipinski definition) is 2. The Morgan fingerprint density at radius 3 is 2.55 bits per heavy atom. The van der Waals surface area contributed by atoms with Crippen LogP contribution in [0.3, 0.4) is 0 Å². The van der Waals surface area contributed by atoms with Gasteiger partial charge in [0.2, 0.25) is 5.91 Å². The molecule has 0 radical (unpaired) electrons. The number of benzene rings is 2. The molecule has 1 aliphatic heterocycles. The van der Waals surface area contributed by atoms with E-state index in [-0.39, 0.29) is 30.8 Å². The summed E-state index contributed by atoms with van der Waals surface area (Å²) in [6.45, 7) is 1.61. The largest absolute Gasteiger partial charge is 0.396 e. The van der Waals surface area contributed by atoms with Gasteiger partial charge in [0.15, 0.2) is 0 Å². The van der Waals surface area contributed by atoms with Gasteiger partial charge in [-0.2, -0.15) is 0 Å². The fraction of sp³-hybridized carbons (Fsp3) is 0.300. The molecule has 0 saturated heterocycles. The number of amides is 2. The lowest BCUT2D eigenvalue weighted by molar-refractivity contribution is -0.131. The quantitative estimate of drug-likeness (QED) is 0.445. The highest BCUT2D eigenvalue weighted by molar-refractivity contribution is 5.93. The zero-order chi connectivity index (χ0) is 26.8. The third-order valence-electron chi connectivity index (χ3n) is 7.16. The average molecular weight is 518 g/mol. The molecule has 2 heterocycles. The summed E-state index contributed by atoms with van der Waals surface area (Å²) in [5, 5.41) is 12.5. The predicted molar refractivity (Wildman–Crippen MR) is 140 cm³/mol. The van der Waals surface area contributed by atoms with Crippen LogP contribution in [0.2, 0.25) is 0 Å². The Morgan fingerprint density at radius 1 is 1.11 bits per heavy atom. The zero-order valence-electron chi connectivity index (χ0n) is 21.1. The molecular formula is C30H29F2N3O3. The van der Waals surface area contributed by atoms with Gasteiger partial charge in [0.1, 0.15) is 17.3 Å². The lowest BCUT2D eigenvalue weighted by Gasteiger charge is -2.24. The van der Waals surface area contributed by atoms with Gasteiger partial charge in [-0.3, -0.25) is 9.59 Å². The summed E-state index contributed by atoms with van der Waals surface area (Å²) in [5.41, 5.74) is 5.84. The lowest BCUT2D eigenvalue weighted by Crippen LogP contribution is -2.27. The summed E-state index contributed by atoms with van der Waals surface area (Å²) in [5.74, 6) is -2.06. The first-order chi connectivity index (χ1) is 18.3. The minimum Gasteiger partial charge on any atom is -0.396 e. The van der Waals surface area contributed by atoms with Gasteiger partial charge in [-0.25, -0.2) is 13.8 Å². The van der Waals surface area contributed by atoms with E-state index in [1.807, 2.05) is 12.1 Å². The number of aliphatic hydroxyl groups is 1. The molecule has 38 heavy (non-hydrogen) atoms. The Labute approximate surface area is 220 Å². The number of carbonyl (C=O) groups is 2. The summed E-state index contributed by atoms with van der Waals surface area (Å²) < 4.78 is 27.2. The molecule has 196 valence electrons. The molecule has 0 bridgehead atoms. The molecule has 1 atom stereocenters. The van der Waals surface area contributed by atoms with E-state index in [0.717, 1.165) is 47.6 Å². The minimum atomic E-state index is -0.719. The van der Waals surface area contributed by atoms with E-state index in [1.165, 1.54) is 24.6 Å². The van der Waals surface area contributed by atoms with Crippen LogP contribution < -0.4 is 5.32 Å². The molecule has 0 spiro atoms. The van der Waals surface area contributed by atoms with Crippen molar-refractivity contribution in [1.82, 2.24) is 15.2 Å². The standard InChI is InChI=1S/C30H29F2N3O3/c1-18(37)35-17-23-14-26(30(38)33-16-19-11-24(31)15-25(32)12-19)34-29(28(23)27(35)9-10-36)22-8-4-7-21(13-22)20-5-2-3-6-20/h4-5,7-8,11-15,27,36H,2-3,6,9-10,16-17H2,1H3,(H,33,38)/t27-/m0/s1. The highest BCUT2D eigenvalue weighted by atomic mass is 19.1. The van der Waals surface area contributed by atoms with E-state index >= 15 is 0 Å². The molecule has 8 heteroatoms. The Morgan fingerprint density at radius 2 is 1.87 bits per heavy atom. The second-order valence-corrected chi connectivity index (χ2v) is 9.77. The lowest BCUT2D eigenvalue weighted by atomic mass is 9.93. The smallest absolute Gasteiger partial charge is 0.270 e. The Balaban J connectivity index is 1.55. The van der Waals surface area contributed by atoms with Crippen molar-refractivity contribution in [3.63, 3.8) is 0 Å². The van der Waals surface area contributed by atoms with Crippen molar-refractivity contribution in [2.45, 2.75) is 51.7 Å². The zero-order valence-corrected chi connectivity index (χ0v) is 21.1. The monoisotopic (exact) mass is 517 g/mol. The summed E-state index contributed by atoms with van der Waals surface area (Å²) >= 11 is 0. The van der Waals surface area contributed by atoms with Crippen LogP contribution in [-0.4, -0.2) is 33.4 Å². The fourth-order valence-corrected chi connectivity index (χ4v) is 5.43. The van der Waals surface area contributed by atoms with Crippen LogP contribution in [-0.2, 0) is 17.9 Å². The van der Waals surface area contributed by atoms with Crippen LogP contribution in [0.4, 0.5) is 8.78 Å². The maximum atomic E-state index is 13.6. The third-order valence-corrected chi connectivity index (χ3v) is 7.16. The third kappa shape index (κ3) is 5.22. The van der Waals surface area contributed by atoms with Crippen molar-refractivity contribution in [2.75, 3.05) is 6.61 Å². The molecule has 2 aromatic carbocycles. The minimum absolute atomic E-state index is 0.0715. The van der Waals surface area contributed by atoms with E-state index in [1.54, 1.807) is 11.0 Å². The molecule has 0 unspecified atom stereocenters. The number of aliphatic hydroxyl groups excluding tert-OH is 1. The van der Waals surface area contributed by atoms with Crippen molar-refractivity contribution in [2.24, 2.45) is 0 Å². The van der Waals surface area contributed by atoms with Crippen LogP contribution in [0.15, 0.2) is 54.6 Å². The number of aromatic nitrogens is 1. The molecule has 1 aliphatic carbocycles. The summed E-state index contributed by atoms with van der Waals surface area (Å²) in [6, 6.07) is 12.4. The first-order valence-electron chi connectivity index (χ1n) is 12.8. The van der Waals surface area contributed by atoms with E-state index in [2.05, 4.69) is 23.5 Å². The number of nitrogens with one attached hydrogen (secondary N) is 1. The second kappa shape index (κ2) is 10.8. The molecular weight excluding hydrogens is 488 g/mol. The molecule has 2 aliphatic rings. The highest BCUT2D eigenvalue weighted by Gasteiger charge is 2.35. The van der Waals surface area contributed by atoms with Gasteiger partial charge in [0.05, 0.1) is 11.7 Å². The molecule has 2 amide bonds. The van der Waals surface area contributed by atoms with E-state index < -0.39 is 17.5 Å². The molecule has 2 N–H and O–H groups in total. The van der Waals surface area contributed by atoms with Gasteiger partial charge in [0, 0.05) is 43.8 Å². The van der Waals surface area contributed by atoms with E-state index in [0.29, 0.717) is 24.2 Å². The van der Waals surface area contributed by atoms with Gasteiger partial charge >= 0.3 is 0 Å². The van der Waals surface area contributed by atoms with Crippen molar-refractivity contribution in [3.05, 3.63) is 94.2 Å². The number of rotatable bonds is 7. The van der Waals surface area contributed by atoms with Crippen LogP contribution >= 0.6 is 0 Å². The summed E-state index contributed by atoms with van der Waals surface area (Å²) in [7, 11) is 0. The number of carbonyl (C=O) groups excluding carboxylic acids is 2. The topological polar surface area (TPSA) is 82.5 Å². The molecule has 0 fully saturated rings. The molecule has 5 rings (SSSR count). The van der Waals surface area contributed by atoms with Crippen LogP contribution in [0, 0.1) is 11.6 Å². The Bertz CT molecular complexity index is 1420. The highest BCUT2D eigenvalue weighted by Crippen LogP contribution is 2.42. The van der Waals surface area contributed by atoms with Crippen molar-refractivity contribution < 1.29 is 23.5 Å². The van der Waals surface area contributed by atoms with Gasteiger partial charge in [-0.05, 0) is 72.2 Å². The number of pyridine rings is 1.